The van der Waals surface area contributed by atoms with Crippen molar-refractivity contribution in [3.63, 3.8) is 0 Å². The maximum atomic E-state index is 12.6. The maximum Gasteiger partial charge on any atom is 0.416 e. The first-order chi connectivity index (χ1) is 9.30. The summed E-state index contributed by atoms with van der Waals surface area (Å²) in [5, 5.41) is 0. The molecule has 0 fully saturated rings. The zero-order valence-electron chi connectivity index (χ0n) is 11.8. The summed E-state index contributed by atoms with van der Waals surface area (Å²) in [5.74, 6) is 0.0807. The van der Waals surface area contributed by atoms with Crippen LogP contribution in [0.25, 0.3) is 0 Å². The van der Waals surface area contributed by atoms with Crippen molar-refractivity contribution in [3.8, 4) is 0 Å². The predicted octanol–water partition coefficient (Wildman–Crippen LogP) is 5.47. The van der Waals surface area contributed by atoms with Crippen molar-refractivity contribution in [2.45, 2.75) is 32.9 Å². The largest absolute Gasteiger partial charge is 0.416 e. The minimum Gasteiger partial charge on any atom is -0.166 e. The summed E-state index contributed by atoms with van der Waals surface area (Å²) >= 11 is 0. The van der Waals surface area contributed by atoms with Gasteiger partial charge in [-0.05, 0) is 48.2 Å². The van der Waals surface area contributed by atoms with Gasteiger partial charge in [0.2, 0.25) is 0 Å². The second-order valence-electron chi connectivity index (χ2n) is 5.13. The fourth-order valence-electron chi connectivity index (χ4n) is 2.38. The van der Waals surface area contributed by atoms with Crippen LogP contribution in [0.2, 0.25) is 0 Å². The molecule has 0 nitrogen and oxygen atoms in total. The number of halogens is 3. The van der Waals surface area contributed by atoms with Crippen LogP contribution < -0.4 is 0 Å². The van der Waals surface area contributed by atoms with Crippen LogP contribution in [0.1, 0.15) is 40.7 Å². The molecule has 1 unspecified atom stereocenters. The van der Waals surface area contributed by atoms with Crippen LogP contribution >= 0.6 is 0 Å². The molecule has 3 heteroatoms. The number of hydrogen-bond acceptors (Lipinski definition) is 0. The van der Waals surface area contributed by atoms with E-state index in [2.05, 4.69) is 0 Å². The average molecular weight is 278 g/mol. The molecule has 0 amide bonds. The average Bonchev–Trinajstić information content (AvgIpc) is 2.40. The summed E-state index contributed by atoms with van der Waals surface area (Å²) in [4.78, 5) is 0. The van der Waals surface area contributed by atoms with Crippen LogP contribution in [-0.2, 0) is 6.18 Å². The molecule has 0 aromatic heterocycles. The lowest BCUT2D eigenvalue weighted by Gasteiger charge is -2.17. The van der Waals surface area contributed by atoms with E-state index < -0.39 is 11.7 Å². The Bertz CT molecular complexity index is 595. The third kappa shape index (κ3) is 2.87. The molecule has 2 aromatic rings. The van der Waals surface area contributed by atoms with Gasteiger partial charge in [0.15, 0.2) is 0 Å². The van der Waals surface area contributed by atoms with Crippen LogP contribution in [0.15, 0.2) is 42.5 Å². The van der Waals surface area contributed by atoms with Crippen LogP contribution in [0.4, 0.5) is 13.2 Å². The second-order valence-corrected chi connectivity index (χ2v) is 5.13. The first-order valence-electron chi connectivity index (χ1n) is 6.54. The van der Waals surface area contributed by atoms with Crippen molar-refractivity contribution < 1.29 is 13.2 Å². The topological polar surface area (TPSA) is 0 Å². The molecule has 0 heterocycles. The number of rotatable bonds is 2. The van der Waals surface area contributed by atoms with E-state index in [0.717, 1.165) is 23.3 Å². The minimum absolute atomic E-state index is 0.0807. The Labute approximate surface area is 117 Å². The standard InChI is InChI=1S/C17H17F3/c1-11-5-4-6-16(12(11)2)13(3)14-7-9-15(10-8-14)17(18,19)20/h4-10,13H,1-3H3. The Kier molecular flexibility index (Phi) is 3.89. The summed E-state index contributed by atoms with van der Waals surface area (Å²) in [7, 11) is 0. The van der Waals surface area contributed by atoms with Gasteiger partial charge >= 0.3 is 6.18 Å². The van der Waals surface area contributed by atoms with E-state index >= 15 is 0 Å². The van der Waals surface area contributed by atoms with Gasteiger partial charge in [-0.15, -0.1) is 0 Å². The van der Waals surface area contributed by atoms with Crippen molar-refractivity contribution in [3.05, 3.63) is 70.3 Å². The van der Waals surface area contributed by atoms with E-state index in [1.54, 1.807) is 12.1 Å². The quantitative estimate of drug-likeness (QED) is 0.683. The summed E-state index contributed by atoms with van der Waals surface area (Å²) in [6.07, 6.45) is -4.28. The Balaban J connectivity index is 2.34. The van der Waals surface area contributed by atoms with Gasteiger partial charge < -0.3 is 0 Å². The normalized spacial score (nSPS) is 13.3. The third-order valence-electron chi connectivity index (χ3n) is 3.85. The molecule has 0 aliphatic carbocycles. The summed E-state index contributed by atoms with van der Waals surface area (Å²) in [6.45, 7) is 6.11. The van der Waals surface area contributed by atoms with E-state index in [1.807, 2.05) is 39.0 Å². The molecule has 0 saturated carbocycles. The zero-order valence-corrected chi connectivity index (χ0v) is 11.8. The first-order valence-corrected chi connectivity index (χ1v) is 6.54. The lowest BCUT2D eigenvalue weighted by atomic mass is 9.88. The van der Waals surface area contributed by atoms with E-state index in [0.29, 0.717) is 0 Å². The van der Waals surface area contributed by atoms with Crippen molar-refractivity contribution >= 4 is 0 Å². The Hall–Kier alpha value is -1.77. The highest BCUT2D eigenvalue weighted by Crippen LogP contribution is 2.32. The number of aryl methyl sites for hydroxylation is 1. The molecule has 106 valence electrons. The van der Waals surface area contributed by atoms with Gasteiger partial charge in [-0.2, -0.15) is 13.2 Å². The highest BCUT2D eigenvalue weighted by molar-refractivity contribution is 5.41. The fraction of sp³-hybridized carbons (Fsp3) is 0.294. The lowest BCUT2D eigenvalue weighted by molar-refractivity contribution is -0.137. The number of alkyl halides is 3. The van der Waals surface area contributed by atoms with Gasteiger partial charge in [0.1, 0.15) is 0 Å². The molecular formula is C17H17F3. The summed E-state index contributed by atoms with van der Waals surface area (Å²) < 4.78 is 37.7. The maximum absolute atomic E-state index is 12.6. The Morgan fingerprint density at radius 3 is 2.05 bits per heavy atom. The van der Waals surface area contributed by atoms with Crippen molar-refractivity contribution in [1.29, 1.82) is 0 Å². The van der Waals surface area contributed by atoms with Gasteiger partial charge in [0, 0.05) is 5.92 Å². The van der Waals surface area contributed by atoms with Gasteiger partial charge in [-0.1, -0.05) is 37.3 Å². The van der Waals surface area contributed by atoms with E-state index in [4.69, 9.17) is 0 Å². The lowest BCUT2D eigenvalue weighted by Crippen LogP contribution is -2.06. The molecule has 0 aliphatic rings. The first kappa shape index (κ1) is 14.6. The van der Waals surface area contributed by atoms with Gasteiger partial charge in [0.05, 0.1) is 5.56 Å². The van der Waals surface area contributed by atoms with Gasteiger partial charge in [-0.25, -0.2) is 0 Å². The second kappa shape index (κ2) is 5.31. The third-order valence-corrected chi connectivity index (χ3v) is 3.85. The van der Waals surface area contributed by atoms with Crippen LogP contribution in [0.5, 0.6) is 0 Å². The van der Waals surface area contributed by atoms with E-state index in [9.17, 15) is 13.2 Å². The monoisotopic (exact) mass is 278 g/mol. The molecule has 0 N–H and O–H groups in total. The van der Waals surface area contributed by atoms with E-state index in [-0.39, 0.29) is 5.92 Å². The molecule has 0 radical (unpaired) electrons. The van der Waals surface area contributed by atoms with Crippen molar-refractivity contribution in [2.75, 3.05) is 0 Å². The summed E-state index contributed by atoms with van der Waals surface area (Å²) in [5.41, 5.74) is 3.84. The van der Waals surface area contributed by atoms with Crippen LogP contribution in [0, 0.1) is 13.8 Å². The zero-order chi connectivity index (χ0) is 14.9. The number of hydrogen-bond donors (Lipinski definition) is 0. The van der Waals surface area contributed by atoms with Crippen LogP contribution in [-0.4, -0.2) is 0 Å². The Morgan fingerprint density at radius 1 is 0.900 bits per heavy atom. The number of benzene rings is 2. The predicted molar refractivity (Wildman–Crippen MR) is 74.9 cm³/mol. The molecule has 0 saturated heterocycles. The van der Waals surface area contributed by atoms with Crippen molar-refractivity contribution in [1.82, 2.24) is 0 Å². The molecule has 0 spiro atoms. The SMILES string of the molecule is Cc1cccc(C(C)c2ccc(C(F)(F)F)cc2)c1C. The fourth-order valence-corrected chi connectivity index (χ4v) is 2.38. The van der Waals surface area contributed by atoms with Gasteiger partial charge in [-0.3, -0.25) is 0 Å². The smallest absolute Gasteiger partial charge is 0.166 e. The van der Waals surface area contributed by atoms with E-state index in [1.165, 1.54) is 11.1 Å². The minimum atomic E-state index is -4.28. The van der Waals surface area contributed by atoms with Crippen LogP contribution in [0.3, 0.4) is 0 Å². The molecule has 1 atom stereocenters. The van der Waals surface area contributed by atoms with Gasteiger partial charge in [0.25, 0.3) is 0 Å². The molecule has 0 bridgehead atoms. The highest BCUT2D eigenvalue weighted by Gasteiger charge is 2.30. The molecule has 2 aromatic carbocycles. The van der Waals surface area contributed by atoms with Crippen molar-refractivity contribution in [2.24, 2.45) is 0 Å². The molecule has 2 rings (SSSR count). The summed E-state index contributed by atoms with van der Waals surface area (Å²) in [6, 6.07) is 11.5. The highest BCUT2D eigenvalue weighted by atomic mass is 19.4. The molecule has 0 aliphatic heterocycles. The Morgan fingerprint density at radius 2 is 1.50 bits per heavy atom. The molecule has 20 heavy (non-hydrogen) atoms. The molecular weight excluding hydrogens is 261 g/mol.